The summed E-state index contributed by atoms with van der Waals surface area (Å²) in [7, 11) is -4.23. The number of rotatable bonds is 7. The minimum atomic E-state index is -4.23. The highest BCUT2D eigenvalue weighted by atomic mass is 35.5. The van der Waals surface area contributed by atoms with Crippen molar-refractivity contribution in [2.75, 3.05) is 38.2 Å². The third-order valence-electron chi connectivity index (χ3n) is 5.45. The highest BCUT2D eigenvalue weighted by Crippen LogP contribution is 2.34. The molecule has 2 aromatic rings. The quantitative estimate of drug-likeness (QED) is 0.387. The summed E-state index contributed by atoms with van der Waals surface area (Å²) in [4.78, 5) is 51.1. The Labute approximate surface area is 227 Å². The number of anilines is 1. The first kappa shape index (κ1) is 27.6. The lowest BCUT2D eigenvalue weighted by Crippen LogP contribution is -2.46. The first-order valence-corrected chi connectivity index (χ1v) is 13.9. The van der Waals surface area contributed by atoms with Gasteiger partial charge in [0.15, 0.2) is 5.75 Å². The molecule has 2 aliphatic heterocycles. The van der Waals surface area contributed by atoms with Crippen molar-refractivity contribution in [2.24, 2.45) is 0 Å². The maximum atomic E-state index is 12.8. The summed E-state index contributed by atoms with van der Waals surface area (Å²) in [6.07, 6.45) is 1.43. The average Bonchev–Trinajstić information content (AvgIpc) is 3.13. The van der Waals surface area contributed by atoms with E-state index in [2.05, 4.69) is 5.32 Å². The van der Waals surface area contributed by atoms with Gasteiger partial charge < -0.3 is 19.1 Å². The van der Waals surface area contributed by atoms with E-state index in [9.17, 15) is 27.6 Å². The van der Waals surface area contributed by atoms with E-state index in [0.717, 1.165) is 4.90 Å². The van der Waals surface area contributed by atoms with Crippen LogP contribution in [0.4, 0.5) is 10.5 Å². The Kier molecular flexibility index (Phi) is 8.41. The topological polar surface area (TPSA) is 139 Å². The maximum absolute atomic E-state index is 12.8. The molecule has 2 aliphatic rings. The number of hydrogen-bond acceptors (Lipinski definition) is 9. The number of nitrogens with one attached hydrogen (secondary N) is 1. The van der Waals surface area contributed by atoms with Gasteiger partial charge in [0.25, 0.3) is 11.1 Å². The number of thioether (sulfide) groups is 1. The molecule has 2 fully saturated rings. The maximum Gasteiger partial charge on any atom is 0.339 e. The zero-order valence-electron chi connectivity index (χ0n) is 20.0. The molecular formula is C24H22ClN3O8S2. The predicted octanol–water partition coefficient (Wildman–Crippen LogP) is 2.96. The van der Waals surface area contributed by atoms with Gasteiger partial charge in [-0.05, 0) is 59.8 Å². The molecule has 0 saturated carbocycles. The average molecular weight is 580 g/mol. The monoisotopic (exact) mass is 579 g/mol. The fourth-order valence-electron chi connectivity index (χ4n) is 3.58. The molecular weight excluding hydrogens is 558 g/mol. The van der Waals surface area contributed by atoms with Crippen LogP contribution in [0.25, 0.3) is 6.08 Å². The van der Waals surface area contributed by atoms with Crippen molar-refractivity contribution in [3.63, 3.8) is 0 Å². The van der Waals surface area contributed by atoms with Gasteiger partial charge in [0.2, 0.25) is 11.8 Å². The number of amides is 4. The van der Waals surface area contributed by atoms with Crippen LogP contribution < -0.4 is 9.50 Å². The number of halogens is 1. The fraction of sp³-hybridized carbons (Fsp3) is 0.250. The van der Waals surface area contributed by atoms with Crippen LogP contribution in [0, 0.1) is 0 Å². The predicted molar refractivity (Wildman–Crippen MR) is 140 cm³/mol. The summed E-state index contributed by atoms with van der Waals surface area (Å²) in [5, 5.41) is 1.93. The molecule has 14 heteroatoms. The minimum Gasteiger partial charge on any atom is -0.378 e. The lowest BCUT2D eigenvalue weighted by Gasteiger charge is -2.28. The third kappa shape index (κ3) is 6.54. The summed E-state index contributed by atoms with van der Waals surface area (Å²) < 4.78 is 35.7. The number of ether oxygens (including phenoxy) is 1. The van der Waals surface area contributed by atoms with Crippen molar-refractivity contribution >= 4 is 68.2 Å². The van der Waals surface area contributed by atoms with E-state index in [1.807, 2.05) is 0 Å². The Bertz CT molecular complexity index is 1420. The van der Waals surface area contributed by atoms with E-state index in [-0.39, 0.29) is 38.9 Å². The summed E-state index contributed by atoms with van der Waals surface area (Å²) in [6, 6.07) is 9.59. The number of carbonyl (C=O) groups is 4. The molecule has 2 heterocycles. The Morgan fingerprint density at radius 3 is 2.45 bits per heavy atom. The van der Waals surface area contributed by atoms with Crippen LogP contribution in [-0.2, 0) is 29.2 Å². The smallest absolute Gasteiger partial charge is 0.339 e. The number of imide groups is 1. The number of morpholine rings is 1. The number of benzene rings is 2. The fourth-order valence-corrected chi connectivity index (χ4v) is 5.64. The van der Waals surface area contributed by atoms with Crippen LogP contribution >= 0.6 is 23.4 Å². The second kappa shape index (κ2) is 11.6. The van der Waals surface area contributed by atoms with Crippen molar-refractivity contribution in [1.82, 2.24) is 9.80 Å². The lowest BCUT2D eigenvalue weighted by molar-refractivity contribution is -0.139. The van der Waals surface area contributed by atoms with E-state index in [0.29, 0.717) is 49.3 Å². The SMILES string of the molecule is CC(=O)Nc1ccc(S(=O)(=O)Oc2ccc(/C=C3\SC(=O)N(CC(=O)N4CCOCC4)C3=O)cc2Cl)cc1. The molecule has 0 radical (unpaired) electrons. The highest BCUT2D eigenvalue weighted by Gasteiger charge is 2.37. The lowest BCUT2D eigenvalue weighted by atomic mass is 10.2. The molecule has 200 valence electrons. The molecule has 0 bridgehead atoms. The molecule has 4 amide bonds. The van der Waals surface area contributed by atoms with Crippen LogP contribution in [0.15, 0.2) is 52.3 Å². The Morgan fingerprint density at radius 1 is 1.13 bits per heavy atom. The zero-order chi connectivity index (χ0) is 27.4. The van der Waals surface area contributed by atoms with Crippen molar-refractivity contribution in [2.45, 2.75) is 11.8 Å². The molecule has 0 spiro atoms. The van der Waals surface area contributed by atoms with E-state index in [1.54, 1.807) is 4.90 Å². The molecule has 0 atom stereocenters. The highest BCUT2D eigenvalue weighted by molar-refractivity contribution is 8.18. The van der Waals surface area contributed by atoms with Gasteiger partial charge in [-0.2, -0.15) is 8.42 Å². The van der Waals surface area contributed by atoms with Gasteiger partial charge in [0.1, 0.15) is 11.4 Å². The summed E-state index contributed by atoms with van der Waals surface area (Å²) in [5.41, 5.74) is 0.845. The number of hydrogen-bond donors (Lipinski definition) is 1. The first-order chi connectivity index (χ1) is 18.0. The Balaban J connectivity index is 1.44. The standard InChI is InChI=1S/C24H22ClN3O8S2/c1-15(29)26-17-3-5-18(6-4-17)38(33,34)36-20-7-2-16(12-19(20)25)13-21-23(31)28(24(32)37-21)14-22(30)27-8-10-35-11-9-27/h2-7,12-13H,8-11,14H2,1H3,(H,26,29)/b21-13-. The molecule has 38 heavy (non-hydrogen) atoms. The first-order valence-electron chi connectivity index (χ1n) is 11.3. The Hall–Kier alpha value is -3.39. The van der Waals surface area contributed by atoms with E-state index in [1.165, 1.54) is 55.5 Å². The van der Waals surface area contributed by atoms with Crippen LogP contribution in [0.5, 0.6) is 5.75 Å². The molecule has 2 aromatic carbocycles. The normalized spacial score (nSPS) is 17.2. The van der Waals surface area contributed by atoms with E-state index in [4.69, 9.17) is 20.5 Å². The second-order valence-corrected chi connectivity index (χ2v) is 11.1. The van der Waals surface area contributed by atoms with Gasteiger partial charge >= 0.3 is 10.1 Å². The van der Waals surface area contributed by atoms with Crippen LogP contribution in [0.2, 0.25) is 5.02 Å². The molecule has 0 unspecified atom stereocenters. The minimum absolute atomic E-state index is 0.0427. The molecule has 2 saturated heterocycles. The van der Waals surface area contributed by atoms with E-state index >= 15 is 0 Å². The summed E-state index contributed by atoms with van der Waals surface area (Å²) in [5.74, 6) is -1.38. The third-order valence-corrected chi connectivity index (χ3v) is 7.90. The van der Waals surface area contributed by atoms with E-state index < -0.39 is 21.3 Å². The van der Waals surface area contributed by atoms with Gasteiger partial charge in [0.05, 0.1) is 23.1 Å². The van der Waals surface area contributed by atoms with Gasteiger partial charge in [0, 0.05) is 25.7 Å². The summed E-state index contributed by atoms with van der Waals surface area (Å²) >= 11 is 6.94. The summed E-state index contributed by atoms with van der Waals surface area (Å²) in [6.45, 7) is 2.57. The molecule has 11 nitrogen and oxygen atoms in total. The molecule has 1 N–H and O–H groups in total. The van der Waals surface area contributed by atoms with Crippen molar-refractivity contribution in [3.8, 4) is 5.75 Å². The zero-order valence-corrected chi connectivity index (χ0v) is 22.4. The molecule has 4 rings (SSSR count). The van der Waals surface area contributed by atoms with Gasteiger partial charge in [-0.3, -0.25) is 24.1 Å². The van der Waals surface area contributed by atoms with Gasteiger partial charge in [-0.15, -0.1) is 0 Å². The Morgan fingerprint density at radius 2 is 1.82 bits per heavy atom. The van der Waals surface area contributed by atoms with Crippen LogP contribution in [0.1, 0.15) is 12.5 Å². The van der Waals surface area contributed by atoms with Gasteiger partial charge in [-0.25, -0.2) is 0 Å². The van der Waals surface area contributed by atoms with Crippen LogP contribution in [-0.4, -0.2) is 74.0 Å². The second-order valence-electron chi connectivity index (χ2n) is 8.19. The largest absolute Gasteiger partial charge is 0.378 e. The molecule has 0 aliphatic carbocycles. The number of carbonyl (C=O) groups excluding carboxylic acids is 4. The van der Waals surface area contributed by atoms with Crippen molar-refractivity contribution < 1.29 is 36.5 Å². The van der Waals surface area contributed by atoms with Crippen molar-refractivity contribution in [1.29, 1.82) is 0 Å². The number of nitrogens with zero attached hydrogens (tertiary/aromatic N) is 2. The van der Waals surface area contributed by atoms with Crippen LogP contribution in [0.3, 0.4) is 0 Å². The van der Waals surface area contributed by atoms with Crippen molar-refractivity contribution in [3.05, 3.63) is 58.0 Å². The van der Waals surface area contributed by atoms with Gasteiger partial charge in [-0.1, -0.05) is 17.7 Å². The molecule has 0 aromatic heterocycles.